The quantitative estimate of drug-likeness (QED) is 0.944. The van der Waals surface area contributed by atoms with Gasteiger partial charge in [-0.2, -0.15) is 4.98 Å². The minimum absolute atomic E-state index is 0.330. The minimum Gasteiger partial charge on any atom is -0.385 e. The Morgan fingerprint density at radius 1 is 1.47 bits per heavy atom. The number of aryl methyl sites for hydroxylation is 1. The van der Waals surface area contributed by atoms with Gasteiger partial charge in [-0.3, -0.25) is 0 Å². The van der Waals surface area contributed by atoms with Crippen molar-refractivity contribution in [1.29, 1.82) is 0 Å². The van der Waals surface area contributed by atoms with Gasteiger partial charge in [0.15, 0.2) is 0 Å². The Morgan fingerprint density at radius 3 is 2.94 bits per heavy atom. The zero-order valence-electron chi connectivity index (χ0n) is 9.64. The van der Waals surface area contributed by atoms with Crippen molar-refractivity contribution in [1.82, 2.24) is 10.1 Å². The molecule has 1 unspecified atom stereocenters. The van der Waals surface area contributed by atoms with Gasteiger partial charge in [0, 0.05) is 4.47 Å². The van der Waals surface area contributed by atoms with Crippen molar-refractivity contribution in [2.24, 2.45) is 0 Å². The van der Waals surface area contributed by atoms with Crippen LogP contribution in [0.25, 0.3) is 11.5 Å². The molecule has 0 aliphatic carbocycles. The number of hydrogen-bond donors (Lipinski definition) is 1. The monoisotopic (exact) mass is 296 g/mol. The summed E-state index contributed by atoms with van der Waals surface area (Å²) < 4.78 is 6.09. The van der Waals surface area contributed by atoms with E-state index in [1.54, 1.807) is 0 Å². The number of halogens is 1. The molecule has 1 N–H and O–H groups in total. The number of aromatic nitrogens is 2. The first-order valence-corrected chi connectivity index (χ1v) is 6.20. The Morgan fingerprint density at radius 2 is 2.24 bits per heavy atom. The second-order valence-corrected chi connectivity index (χ2v) is 4.61. The Kier molecular flexibility index (Phi) is 3.59. The molecule has 0 radical (unpaired) electrons. The Hall–Kier alpha value is -1.20. The summed E-state index contributed by atoms with van der Waals surface area (Å²) in [5.74, 6) is 0.749. The van der Waals surface area contributed by atoms with E-state index in [4.69, 9.17) is 4.52 Å². The maximum Gasteiger partial charge on any atom is 0.259 e. The summed E-state index contributed by atoms with van der Waals surface area (Å²) in [6, 6.07) is 5.81. The highest BCUT2D eigenvalue weighted by atomic mass is 79.9. The fourth-order valence-electron chi connectivity index (χ4n) is 1.47. The van der Waals surface area contributed by atoms with Crippen LogP contribution in [0.15, 0.2) is 27.2 Å². The largest absolute Gasteiger partial charge is 0.385 e. The molecule has 5 heteroatoms. The molecule has 4 nitrogen and oxygen atoms in total. The second kappa shape index (κ2) is 4.98. The number of nitrogens with zero attached hydrogens (tertiary/aromatic N) is 2. The molecule has 0 aliphatic rings. The van der Waals surface area contributed by atoms with E-state index in [1.165, 1.54) is 0 Å². The molecular formula is C12H13BrN2O2. The van der Waals surface area contributed by atoms with Gasteiger partial charge in [0.25, 0.3) is 5.89 Å². The van der Waals surface area contributed by atoms with Gasteiger partial charge in [-0.1, -0.05) is 24.2 Å². The van der Waals surface area contributed by atoms with E-state index in [9.17, 15) is 5.11 Å². The molecule has 1 aromatic heterocycles. The van der Waals surface area contributed by atoms with Crippen molar-refractivity contribution in [2.45, 2.75) is 26.4 Å². The summed E-state index contributed by atoms with van der Waals surface area (Å²) in [6.07, 6.45) is -0.107. The molecule has 0 fully saturated rings. The maximum absolute atomic E-state index is 9.62. The predicted octanol–water partition coefficient (Wildman–Crippen LogP) is 3.25. The van der Waals surface area contributed by atoms with Crippen LogP contribution in [0.3, 0.4) is 0 Å². The van der Waals surface area contributed by atoms with Crippen molar-refractivity contribution in [3.05, 3.63) is 34.1 Å². The first-order valence-electron chi connectivity index (χ1n) is 5.40. The molecule has 2 rings (SSSR count). The predicted molar refractivity (Wildman–Crippen MR) is 67.4 cm³/mol. The van der Waals surface area contributed by atoms with Crippen LogP contribution in [-0.4, -0.2) is 15.2 Å². The summed E-state index contributed by atoms with van der Waals surface area (Å²) in [4.78, 5) is 4.20. The van der Waals surface area contributed by atoms with Crippen LogP contribution >= 0.6 is 15.9 Å². The average Bonchev–Trinajstić information content (AvgIpc) is 2.81. The van der Waals surface area contributed by atoms with Crippen molar-refractivity contribution in [3.8, 4) is 11.5 Å². The highest BCUT2D eigenvalue weighted by molar-refractivity contribution is 9.10. The molecule has 2 aromatic rings. The van der Waals surface area contributed by atoms with Crippen LogP contribution in [0.1, 0.15) is 30.8 Å². The van der Waals surface area contributed by atoms with Gasteiger partial charge in [-0.25, -0.2) is 0 Å². The molecule has 0 saturated heterocycles. The van der Waals surface area contributed by atoms with Crippen molar-refractivity contribution in [2.75, 3.05) is 0 Å². The molecule has 1 heterocycles. The highest BCUT2D eigenvalue weighted by Crippen LogP contribution is 2.30. The average molecular weight is 297 g/mol. The van der Waals surface area contributed by atoms with Crippen LogP contribution in [0.5, 0.6) is 0 Å². The van der Waals surface area contributed by atoms with Gasteiger partial charge in [-0.15, -0.1) is 0 Å². The SMILES string of the molecule is CCC(O)c1noc(-c2cccc(C)c2Br)n1. The number of aliphatic hydroxyl groups is 1. The molecule has 17 heavy (non-hydrogen) atoms. The van der Waals surface area contributed by atoms with Crippen LogP contribution < -0.4 is 0 Å². The van der Waals surface area contributed by atoms with E-state index in [0.717, 1.165) is 15.6 Å². The Balaban J connectivity index is 2.40. The first kappa shape index (κ1) is 12.3. The molecule has 1 atom stereocenters. The molecule has 0 bridgehead atoms. The van der Waals surface area contributed by atoms with E-state index in [2.05, 4.69) is 26.1 Å². The van der Waals surface area contributed by atoms with E-state index < -0.39 is 6.10 Å². The Labute approximate surface area is 108 Å². The standard InChI is InChI=1S/C12H13BrN2O2/c1-3-9(16)11-14-12(17-15-11)8-6-4-5-7(2)10(8)13/h4-6,9,16H,3H2,1-2H3. The smallest absolute Gasteiger partial charge is 0.259 e. The van der Waals surface area contributed by atoms with Crippen molar-refractivity contribution < 1.29 is 9.63 Å². The topological polar surface area (TPSA) is 59.2 Å². The van der Waals surface area contributed by atoms with Gasteiger partial charge in [0.1, 0.15) is 6.10 Å². The van der Waals surface area contributed by atoms with Crippen LogP contribution in [0.2, 0.25) is 0 Å². The Bertz CT molecular complexity index is 525. The highest BCUT2D eigenvalue weighted by Gasteiger charge is 2.16. The third kappa shape index (κ3) is 2.40. The number of rotatable bonds is 3. The molecule has 0 aliphatic heterocycles. The van der Waals surface area contributed by atoms with Crippen LogP contribution in [0.4, 0.5) is 0 Å². The van der Waals surface area contributed by atoms with Gasteiger partial charge >= 0.3 is 0 Å². The molecule has 1 aromatic carbocycles. The fraction of sp³-hybridized carbons (Fsp3) is 0.333. The molecule has 0 amide bonds. The zero-order valence-corrected chi connectivity index (χ0v) is 11.2. The number of aliphatic hydroxyl groups excluding tert-OH is 1. The lowest BCUT2D eigenvalue weighted by Gasteiger charge is -2.02. The van der Waals surface area contributed by atoms with Crippen LogP contribution in [-0.2, 0) is 0 Å². The van der Waals surface area contributed by atoms with Gasteiger partial charge < -0.3 is 9.63 Å². The second-order valence-electron chi connectivity index (χ2n) is 3.82. The van der Waals surface area contributed by atoms with E-state index in [-0.39, 0.29) is 0 Å². The number of hydrogen-bond acceptors (Lipinski definition) is 4. The zero-order chi connectivity index (χ0) is 12.4. The van der Waals surface area contributed by atoms with Gasteiger partial charge in [0.05, 0.1) is 5.56 Å². The number of benzene rings is 1. The first-order chi connectivity index (χ1) is 8.13. The molecular weight excluding hydrogens is 284 g/mol. The molecule has 0 spiro atoms. The van der Waals surface area contributed by atoms with Crippen molar-refractivity contribution >= 4 is 15.9 Å². The van der Waals surface area contributed by atoms with Crippen molar-refractivity contribution in [3.63, 3.8) is 0 Å². The lowest BCUT2D eigenvalue weighted by Crippen LogP contribution is -1.97. The summed E-state index contributed by atoms with van der Waals surface area (Å²) in [6.45, 7) is 3.86. The lowest BCUT2D eigenvalue weighted by atomic mass is 10.1. The third-order valence-electron chi connectivity index (χ3n) is 2.55. The van der Waals surface area contributed by atoms with Crippen LogP contribution in [0, 0.1) is 6.92 Å². The normalized spacial score (nSPS) is 12.7. The summed E-state index contributed by atoms with van der Waals surface area (Å²) in [5, 5.41) is 13.4. The van der Waals surface area contributed by atoms with E-state index >= 15 is 0 Å². The molecule has 90 valence electrons. The van der Waals surface area contributed by atoms with Gasteiger partial charge in [-0.05, 0) is 40.9 Å². The fourth-order valence-corrected chi connectivity index (χ4v) is 1.91. The molecule has 0 saturated carbocycles. The van der Waals surface area contributed by atoms with E-state index in [0.29, 0.717) is 18.1 Å². The van der Waals surface area contributed by atoms with Gasteiger partial charge in [0.2, 0.25) is 5.82 Å². The minimum atomic E-state index is -0.670. The summed E-state index contributed by atoms with van der Waals surface area (Å²) in [7, 11) is 0. The lowest BCUT2D eigenvalue weighted by molar-refractivity contribution is 0.159. The maximum atomic E-state index is 9.62. The third-order valence-corrected chi connectivity index (χ3v) is 3.60. The van der Waals surface area contributed by atoms with E-state index in [1.807, 2.05) is 32.0 Å². The summed E-state index contributed by atoms with van der Waals surface area (Å²) in [5.41, 5.74) is 1.94. The summed E-state index contributed by atoms with van der Waals surface area (Å²) >= 11 is 3.49.